The first-order valence-electron chi connectivity index (χ1n) is 12.8. The van der Waals surface area contributed by atoms with Gasteiger partial charge in [0.05, 0.1) is 18.7 Å². The average Bonchev–Trinajstić information content (AvgIpc) is 3.61. The van der Waals surface area contributed by atoms with Crippen molar-refractivity contribution in [2.75, 3.05) is 44.7 Å². The summed E-state index contributed by atoms with van der Waals surface area (Å²) >= 11 is 7.82. The highest BCUT2D eigenvalue weighted by molar-refractivity contribution is 7.11. The molecular weight excluding hydrogens is 574 g/mol. The van der Waals surface area contributed by atoms with Crippen molar-refractivity contribution in [2.45, 2.75) is 12.1 Å². The Bertz CT molecular complexity index is 1570. The van der Waals surface area contributed by atoms with Crippen molar-refractivity contribution in [3.8, 4) is 0 Å². The van der Waals surface area contributed by atoms with Crippen LogP contribution in [0.2, 0.25) is 5.02 Å². The number of benzene rings is 2. The minimum Gasteiger partial charge on any atom is -0.466 e. The number of rotatable bonds is 6. The molecule has 6 rings (SSSR count). The predicted molar refractivity (Wildman–Crippen MR) is 150 cm³/mol. The summed E-state index contributed by atoms with van der Waals surface area (Å²) in [5.41, 5.74) is 1.72. The van der Waals surface area contributed by atoms with Gasteiger partial charge in [-0.1, -0.05) is 17.7 Å². The van der Waals surface area contributed by atoms with Crippen LogP contribution in [0.15, 0.2) is 64.2 Å². The maximum atomic E-state index is 13.9. The van der Waals surface area contributed by atoms with Gasteiger partial charge in [0.2, 0.25) is 0 Å². The summed E-state index contributed by atoms with van der Waals surface area (Å²) in [6.45, 7) is 2.23. The van der Waals surface area contributed by atoms with E-state index < -0.39 is 23.6 Å². The molecule has 1 aromatic heterocycles. The average molecular weight is 598 g/mol. The number of aromatic nitrogens is 1. The van der Waals surface area contributed by atoms with Gasteiger partial charge in [-0.25, -0.2) is 23.4 Å². The number of ether oxygens (including phenoxy) is 1. The summed E-state index contributed by atoms with van der Waals surface area (Å²) in [5, 5.41) is 5.85. The maximum absolute atomic E-state index is 13.9. The second kappa shape index (κ2) is 11.2. The number of halogens is 3. The highest BCUT2D eigenvalue weighted by atomic mass is 35.5. The van der Waals surface area contributed by atoms with Crippen molar-refractivity contribution >= 4 is 46.5 Å². The molecule has 0 unspecified atom stereocenters. The van der Waals surface area contributed by atoms with E-state index in [0.29, 0.717) is 60.5 Å². The van der Waals surface area contributed by atoms with Gasteiger partial charge in [0.1, 0.15) is 17.7 Å². The summed E-state index contributed by atoms with van der Waals surface area (Å²) in [5.74, 6) is -1.10. The molecule has 2 fully saturated rings. The number of thiazole rings is 1. The van der Waals surface area contributed by atoms with Crippen LogP contribution in [-0.2, 0) is 9.53 Å². The van der Waals surface area contributed by atoms with E-state index in [-0.39, 0.29) is 22.7 Å². The molecule has 1 N–H and O–H groups in total. The fourth-order valence-electron chi connectivity index (χ4n) is 5.41. The number of urea groups is 1. The fourth-order valence-corrected chi connectivity index (χ4v) is 6.27. The number of aliphatic imine (C=N–C) groups is 1. The van der Waals surface area contributed by atoms with E-state index >= 15 is 0 Å². The number of carbonyl (C=O) groups excluding carboxylic acids is 2. The third kappa shape index (κ3) is 5.30. The zero-order valence-electron chi connectivity index (χ0n) is 21.8. The van der Waals surface area contributed by atoms with Crippen LogP contribution < -0.4 is 10.2 Å². The summed E-state index contributed by atoms with van der Waals surface area (Å²) in [6, 6.07) is 9.66. The van der Waals surface area contributed by atoms with E-state index in [9.17, 15) is 18.4 Å². The number of carbonyl (C=O) groups is 2. The molecule has 2 amide bonds. The number of amides is 2. The molecule has 3 aromatic rings. The van der Waals surface area contributed by atoms with Gasteiger partial charge < -0.3 is 15.0 Å². The first-order valence-corrected chi connectivity index (χ1v) is 14.1. The van der Waals surface area contributed by atoms with Gasteiger partial charge in [0.25, 0.3) is 0 Å². The molecule has 4 heterocycles. The molecule has 3 aliphatic rings. The number of methoxy groups -OCH3 is 1. The summed E-state index contributed by atoms with van der Waals surface area (Å²) in [6.07, 6.45) is 1.65. The maximum Gasteiger partial charge on any atom is 0.338 e. The molecule has 41 heavy (non-hydrogen) atoms. The number of piperazine rings is 1. The zero-order chi connectivity index (χ0) is 28.7. The molecule has 0 spiro atoms. The topological polar surface area (TPSA) is 90.4 Å². The number of hydrogen-bond acceptors (Lipinski definition) is 8. The van der Waals surface area contributed by atoms with Gasteiger partial charge in [-0.15, -0.1) is 11.3 Å². The molecule has 0 saturated carbocycles. The van der Waals surface area contributed by atoms with E-state index in [2.05, 4.69) is 21.3 Å². The lowest BCUT2D eigenvalue weighted by Crippen LogP contribution is -2.53. The smallest absolute Gasteiger partial charge is 0.338 e. The third-order valence-corrected chi connectivity index (χ3v) is 8.40. The Morgan fingerprint density at radius 2 is 2.07 bits per heavy atom. The lowest BCUT2D eigenvalue weighted by Gasteiger charge is -2.38. The normalized spacial score (nSPS) is 21.1. The van der Waals surface area contributed by atoms with Crippen LogP contribution in [0.1, 0.15) is 16.6 Å². The number of esters is 1. The standard InChI is InChI=1S/C28H24ClF2N6O3S/c1-40-27(38)23-22(33-25(26-32-7-10-41-26)34-24(23)20-6-5-17(31)12-21(20)29)15-35-8-9-36-19(13-35)14-37(28(36)39)18-4-2-3-16(30)11-18/h3-7,10-12,19,24H,8-9,13-15H2,1H3,(H,33,34)/t19-,24-/m0/s1. The Balaban J connectivity index is 1.31. The summed E-state index contributed by atoms with van der Waals surface area (Å²) in [4.78, 5) is 40.9. The van der Waals surface area contributed by atoms with Gasteiger partial charge in [-0.2, -0.15) is 0 Å². The first kappa shape index (κ1) is 27.3. The molecule has 13 heteroatoms. The predicted octanol–water partition coefficient (Wildman–Crippen LogP) is 4.02. The molecule has 2 atom stereocenters. The van der Waals surface area contributed by atoms with E-state index in [4.69, 9.17) is 21.3 Å². The molecular formula is C28H24ClF2N6O3S. The third-order valence-electron chi connectivity index (χ3n) is 7.29. The molecule has 2 aromatic carbocycles. The Labute approximate surface area is 243 Å². The Hall–Kier alpha value is -3.87. The monoisotopic (exact) mass is 597 g/mol. The van der Waals surface area contributed by atoms with E-state index in [1.807, 2.05) is 5.38 Å². The van der Waals surface area contributed by atoms with E-state index in [1.54, 1.807) is 22.1 Å². The van der Waals surface area contributed by atoms with Gasteiger partial charge in [0.15, 0.2) is 10.8 Å². The van der Waals surface area contributed by atoms with Crippen LogP contribution in [0.3, 0.4) is 0 Å². The van der Waals surface area contributed by atoms with Crippen LogP contribution in [0, 0.1) is 17.7 Å². The minimum atomic E-state index is -0.861. The highest BCUT2D eigenvalue weighted by Gasteiger charge is 2.42. The summed E-state index contributed by atoms with van der Waals surface area (Å²) in [7, 11) is 1.29. The molecule has 2 saturated heterocycles. The van der Waals surface area contributed by atoms with E-state index in [1.165, 1.54) is 48.8 Å². The highest BCUT2D eigenvalue weighted by Crippen LogP contribution is 2.37. The molecule has 0 bridgehead atoms. The largest absolute Gasteiger partial charge is 0.466 e. The van der Waals surface area contributed by atoms with Crippen molar-refractivity contribution < 1.29 is 23.1 Å². The number of nitrogens with zero attached hydrogens (tertiary/aromatic N) is 5. The lowest BCUT2D eigenvalue weighted by atomic mass is 9.95. The van der Waals surface area contributed by atoms with Crippen LogP contribution >= 0.6 is 22.9 Å². The van der Waals surface area contributed by atoms with Crippen molar-refractivity contribution in [1.29, 1.82) is 0 Å². The molecule has 3 aliphatic heterocycles. The van der Waals surface area contributed by atoms with E-state index in [0.717, 1.165) is 0 Å². The van der Waals surface area contributed by atoms with Crippen molar-refractivity contribution in [3.05, 3.63) is 92.5 Å². The SMILES string of the molecule is COC(=O)C1=C(CN2CCN3C(=O)N(c4c[c]cc(F)c4)C[C@@H]3C2)NC(c2nccs2)=N[C@H]1c1ccc(F)cc1Cl. The number of nitrogens with one attached hydrogen (secondary N) is 1. The number of amidine groups is 1. The minimum absolute atomic E-state index is 0.132. The second-order valence-electron chi connectivity index (χ2n) is 9.78. The number of hydrogen-bond donors (Lipinski definition) is 1. The van der Waals surface area contributed by atoms with Gasteiger partial charge in [-0.3, -0.25) is 14.8 Å². The van der Waals surface area contributed by atoms with Crippen LogP contribution in [0.25, 0.3) is 0 Å². The summed E-state index contributed by atoms with van der Waals surface area (Å²) < 4.78 is 32.9. The Morgan fingerprint density at radius 3 is 2.80 bits per heavy atom. The Kier molecular flexibility index (Phi) is 7.45. The molecule has 9 nitrogen and oxygen atoms in total. The quantitative estimate of drug-likeness (QED) is 0.432. The zero-order valence-corrected chi connectivity index (χ0v) is 23.4. The number of anilines is 1. The first-order chi connectivity index (χ1) is 19.8. The molecule has 1 radical (unpaired) electrons. The van der Waals surface area contributed by atoms with Crippen LogP contribution in [0.4, 0.5) is 19.3 Å². The fraction of sp³-hybridized carbons (Fsp3) is 0.286. The lowest BCUT2D eigenvalue weighted by molar-refractivity contribution is -0.136. The number of fused-ring (bicyclic) bond motifs is 1. The molecule has 211 valence electrons. The van der Waals surface area contributed by atoms with Crippen molar-refractivity contribution in [3.63, 3.8) is 0 Å². The van der Waals surface area contributed by atoms with Crippen molar-refractivity contribution in [2.24, 2.45) is 4.99 Å². The Morgan fingerprint density at radius 1 is 1.22 bits per heavy atom. The van der Waals surface area contributed by atoms with Crippen molar-refractivity contribution in [1.82, 2.24) is 20.1 Å². The second-order valence-corrected chi connectivity index (χ2v) is 11.1. The van der Waals surface area contributed by atoms with Gasteiger partial charge in [-0.05, 0) is 36.4 Å². The molecule has 0 aliphatic carbocycles. The van der Waals surface area contributed by atoms with Crippen LogP contribution in [0.5, 0.6) is 0 Å². The van der Waals surface area contributed by atoms with Gasteiger partial charge in [0, 0.05) is 66.3 Å². The van der Waals surface area contributed by atoms with Crippen LogP contribution in [-0.4, -0.2) is 78.5 Å². The van der Waals surface area contributed by atoms with Gasteiger partial charge >= 0.3 is 12.0 Å².